The smallest absolute Gasteiger partial charge is 0.339 e. The molecule has 0 aliphatic carbocycles. The van der Waals surface area contributed by atoms with Crippen molar-refractivity contribution in [2.45, 2.75) is 6.54 Å². The zero-order valence-electron chi connectivity index (χ0n) is 14.5. The van der Waals surface area contributed by atoms with Crippen LogP contribution in [-0.2, 0) is 11.3 Å². The number of hydrogen-bond donors (Lipinski definition) is 2. The Morgan fingerprint density at radius 1 is 1.21 bits per heavy atom. The number of esters is 1. The van der Waals surface area contributed by atoms with Gasteiger partial charge >= 0.3 is 5.97 Å². The molecule has 3 rings (SSSR count). The highest BCUT2D eigenvalue weighted by Gasteiger charge is 2.12. The number of carbonyl (C=O) groups excluding carboxylic acids is 1. The third-order valence-electron chi connectivity index (χ3n) is 3.60. The van der Waals surface area contributed by atoms with E-state index < -0.39 is 5.97 Å². The third kappa shape index (κ3) is 4.98. The zero-order chi connectivity index (χ0) is 20.1. The van der Waals surface area contributed by atoms with E-state index in [9.17, 15) is 4.79 Å². The van der Waals surface area contributed by atoms with Crippen LogP contribution in [-0.4, -0.2) is 28.3 Å². The van der Waals surface area contributed by atoms with Crippen LogP contribution in [0.1, 0.15) is 16.2 Å². The van der Waals surface area contributed by atoms with Crippen LogP contribution in [0.25, 0.3) is 11.4 Å². The van der Waals surface area contributed by atoms with Gasteiger partial charge in [0.15, 0.2) is 5.11 Å². The van der Waals surface area contributed by atoms with Crippen LogP contribution in [0.15, 0.2) is 47.0 Å². The Bertz CT molecular complexity index is 1010. The van der Waals surface area contributed by atoms with Gasteiger partial charge in [0.25, 0.3) is 0 Å². The first kappa shape index (κ1) is 20.1. The predicted octanol–water partition coefficient (Wildman–Crippen LogP) is 4.32. The van der Waals surface area contributed by atoms with Crippen molar-refractivity contribution in [3.63, 3.8) is 0 Å². The van der Waals surface area contributed by atoms with Gasteiger partial charge in [-0.2, -0.15) is 4.98 Å². The highest BCUT2D eigenvalue weighted by Crippen LogP contribution is 2.21. The molecule has 0 saturated carbocycles. The van der Waals surface area contributed by atoms with Gasteiger partial charge in [-0.1, -0.05) is 28.4 Å². The number of carbonyl (C=O) groups is 1. The summed E-state index contributed by atoms with van der Waals surface area (Å²) in [5.74, 6) is 0.279. The minimum Gasteiger partial charge on any atom is -0.465 e. The summed E-state index contributed by atoms with van der Waals surface area (Å²) >= 11 is 17.1. The van der Waals surface area contributed by atoms with Crippen molar-refractivity contribution >= 4 is 52.2 Å². The van der Waals surface area contributed by atoms with Gasteiger partial charge in [0, 0.05) is 16.3 Å². The van der Waals surface area contributed by atoms with Crippen molar-refractivity contribution < 1.29 is 14.1 Å². The van der Waals surface area contributed by atoms with Crippen molar-refractivity contribution in [3.05, 3.63) is 64.0 Å². The summed E-state index contributed by atoms with van der Waals surface area (Å²) in [6, 6.07) is 11.9. The molecule has 0 spiro atoms. The van der Waals surface area contributed by atoms with E-state index >= 15 is 0 Å². The van der Waals surface area contributed by atoms with E-state index in [-0.39, 0.29) is 17.1 Å². The standard InChI is InChI=1S/C18H14Cl2N4O3S/c1-26-17(25)13-8-12(6-7-14(13)20)22-18(28)21-9-15-23-16(24-27-15)10-2-4-11(19)5-3-10/h2-8H,9H2,1H3,(H2,21,22,28). The van der Waals surface area contributed by atoms with Gasteiger partial charge in [0.2, 0.25) is 11.7 Å². The molecule has 10 heteroatoms. The van der Waals surface area contributed by atoms with Crippen molar-refractivity contribution in [3.8, 4) is 11.4 Å². The summed E-state index contributed by atoms with van der Waals surface area (Å²) < 4.78 is 9.90. The Balaban J connectivity index is 1.59. The van der Waals surface area contributed by atoms with Gasteiger partial charge in [0.1, 0.15) is 0 Å². The van der Waals surface area contributed by atoms with Crippen molar-refractivity contribution in [2.24, 2.45) is 0 Å². The molecule has 0 unspecified atom stereocenters. The second kappa shape index (κ2) is 9.01. The fourth-order valence-corrected chi connectivity index (χ4v) is 2.75. The Hall–Kier alpha value is -2.68. The Morgan fingerprint density at radius 2 is 1.96 bits per heavy atom. The van der Waals surface area contributed by atoms with Crippen LogP contribution in [0, 0.1) is 0 Å². The lowest BCUT2D eigenvalue weighted by molar-refractivity contribution is 0.0601. The molecule has 1 heterocycles. The van der Waals surface area contributed by atoms with Crippen LogP contribution in [0.5, 0.6) is 0 Å². The van der Waals surface area contributed by atoms with Crippen molar-refractivity contribution in [2.75, 3.05) is 12.4 Å². The lowest BCUT2D eigenvalue weighted by atomic mass is 10.2. The summed E-state index contributed by atoms with van der Waals surface area (Å²) in [5.41, 5.74) is 1.60. The molecule has 3 aromatic rings. The lowest BCUT2D eigenvalue weighted by Crippen LogP contribution is -2.28. The predicted molar refractivity (Wildman–Crippen MR) is 111 cm³/mol. The van der Waals surface area contributed by atoms with Crippen LogP contribution in [0.3, 0.4) is 0 Å². The number of thiocarbonyl (C=S) groups is 1. The molecule has 28 heavy (non-hydrogen) atoms. The van der Waals surface area contributed by atoms with E-state index in [1.54, 1.807) is 42.5 Å². The van der Waals surface area contributed by atoms with Crippen LogP contribution in [0.2, 0.25) is 10.0 Å². The highest BCUT2D eigenvalue weighted by atomic mass is 35.5. The van der Waals surface area contributed by atoms with E-state index in [0.717, 1.165) is 5.56 Å². The number of rotatable bonds is 5. The first-order valence-corrected chi connectivity index (χ1v) is 9.14. The minimum atomic E-state index is -0.534. The second-order valence-corrected chi connectivity index (χ2v) is 6.76. The molecular formula is C18H14Cl2N4O3S. The quantitative estimate of drug-likeness (QED) is 0.451. The molecule has 0 atom stereocenters. The van der Waals surface area contributed by atoms with Crippen molar-refractivity contribution in [1.82, 2.24) is 15.5 Å². The molecule has 144 valence electrons. The average Bonchev–Trinajstić information content (AvgIpc) is 3.17. The fraction of sp³-hybridized carbons (Fsp3) is 0.111. The number of methoxy groups -OCH3 is 1. The molecule has 2 N–H and O–H groups in total. The first-order valence-electron chi connectivity index (χ1n) is 7.97. The summed E-state index contributed by atoms with van der Waals surface area (Å²) in [5, 5.41) is 11.1. The summed E-state index contributed by atoms with van der Waals surface area (Å²) in [6.07, 6.45) is 0. The first-order chi connectivity index (χ1) is 13.5. The maximum absolute atomic E-state index is 11.7. The van der Waals surface area contributed by atoms with Crippen molar-refractivity contribution in [1.29, 1.82) is 0 Å². The number of aromatic nitrogens is 2. The second-order valence-electron chi connectivity index (χ2n) is 5.51. The van der Waals surface area contributed by atoms with Crippen LogP contribution < -0.4 is 10.6 Å². The molecule has 0 fully saturated rings. The maximum atomic E-state index is 11.7. The van der Waals surface area contributed by atoms with Gasteiger partial charge in [-0.25, -0.2) is 4.79 Å². The summed E-state index contributed by atoms with van der Waals surface area (Å²) in [4.78, 5) is 16.0. The Kier molecular flexibility index (Phi) is 6.45. The molecule has 0 bridgehead atoms. The van der Waals surface area contributed by atoms with Gasteiger partial charge in [0.05, 0.1) is 24.2 Å². The van der Waals surface area contributed by atoms with E-state index in [1.807, 2.05) is 0 Å². The molecule has 0 aliphatic heterocycles. The van der Waals surface area contributed by atoms with Crippen LogP contribution >= 0.6 is 35.4 Å². The SMILES string of the molecule is COC(=O)c1cc(NC(=S)NCc2nc(-c3ccc(Cl)cc3)no2)ccc1Cl. The van der Waals surface area contributed by atoms with E-state index in [2.05, 4.69) is 20.8 Å². The normalized spacial score (nSPS) is 10.4. The molecule has 0 radical (unpaired) electrons. The van der Waals surface area contributed by atoms with Gasteiger partial charge in [-0.15, -0.1) is 0 Å². The largest absolute Gasteiger partial charge is 0.465 e. The number of halogens is 2. The molecule has 0 amide bonds. The number of nitrogens with one attached hydrogen (secondary N) is 2. The van der Waals surface area contributed by atoms with Gasteiger partial charge in [-0.3, -0.25) is 0 Å². The number of benzene rings is 2. The number of nitrogens with zero attached hydrogens (tertiary/aromatic N) is 2. The monoisotopic (exact) mass is 436 g/mol. The minimum absolute atomic E-state index is 0.226. The topological polar surface area (TPSA) is 89.3 Å². The maximum Gasteiger partial charge on any atom is 0.339 e. The van der Waals surface area contributed by atoms with E-state index in [4.69, 9.17) is 44.7 Å². The molecule has 1 aromatic heterocycles. The third-order valence-corrected chi connectivity index (χ3v) is 4.43. The van der Waals surface area contributed by atoms with E-state index in [0.29, 0.717) is 27.5 Å². The molecule has 0 aliphatic rings. The highest BCUT2D eigenvalue weighted by molar-refractivity contribution is 7.80. The number of anilines is 1. The Morgan fingerprint density at radius 3 is 2.68 bits per heavy atom. The van der Waals surface area contributed by atoms with Gasteiger partial charge < -0.3 is 19.9 Å². The molecule has 2 aromatic carbocycles. The number of ether oxygens (including phenoxy) is 1. The summed E-state index contributed by atoms with van der Waals surface area (Å²) in [6.45, 7) is 0.226. The van der Waals surface area contributed by atoms with Crippen LogP contribution in [0.4, 0.5) is 5.69 Å². The lowest BCUT2D eigenvalue weighted by Gasteiger charge is -2.10. The molecular weight excluding hydrogens is 423 g/mol. The fourth-order valence-electron chi connectivity index (χ4n) is 2.24. The average molecular weight is 437 g/mol. The molecule has 0 saturated heterocycles. The summed E-state index contributed by atoms with van der Waals surface area (Å²) in [7, 11) is 1.29. The van der Waals surface area contributed by atoms with E-state index in [1.165, 1.54) is 7.11 Å². The number of hydrogen-bond acceptors (Lipinski definition) is 6. The Labute approximate surface area is 176 Å². The molecule has 7 nitrogen and oxygen atoms in total. The zero-order valence-corrected chi connectivity index (χ0v) is 16.9. The van der Waals surface area contributed by atoms with Gasteiger partial charge in [-0.05, 0) is 54.7 Å².